The maximum Gasteiger partial charge on any atom is 0.356 e. The van der Waals surface area contributed by atoms with Crippen LogP contribution in [0.3, 0.4) is 0 Å². The Bertz CT molecular complexity index is 549. The predicted octanol–water partition coefficient (Wildman–Crippen LogP) is 2.64. The first kappa shape index (κ1) is 10.9. The fourth-order valence-electron chi connectivity index (χ4n) is 1.40. The summed E-state index contributed by atoms with van der Waals surface area (Å²) in [7, 11) is 0. The summed E-state index contributed by atoms with van der Waals surface area (Å²) in [4.78, 5) is 10.8. The molecule has 0 unspecified atom stereocenters. The van der Waals surface area contributed by atoms with E-state index < -0.39 is 5.97 Å². The van der Waals surface area contributed by atoms with Crippen molar-refractivity contribution in [3.63, 3.8) is 0 Å². The van der Waals surface area contributed by atoms with Gasteiger partial charge in [-0.3, -0.25) is 0 Å². The van der Waals surface area contributed by atoms with Crippen molar-refractivity contribution in [1.82, 2.24) is 9.78 Å². The maximum absolute atomic E-state index is 10.8. The quantitative estimate of drug-likeness (QED) is 0.920. The summed E-state index contributed by atoms with van der Waals surface area (Å²) >= 11 is 3.28. The summed E-state index contributed by atoms with van der Waals surface area (Å²) < 4.78 is 2.17. The van der Waals surface area contributed by atoms with Gasteiger partial charge in [0.05, 0.1) is 5.69 Å². The van der Waals surface area contributed by atoms with E-state index in [9.17, 15) is 4.79 Å². The molecule has 4 nitrogen and oxygen atoms in total. The molecule has 0 saturated carbocycles. The number of nitrogens with zero attached hydrogens (tertiary/aromatic N) is 2. The zero-order valence-electron chi connectivity index (χ0n) is 8.51. The summed E-state index contributed by atoms with van der Waals surface area (Å²) in [5.41, 5.74) is 1.95. The monoisotopic (exact) mass is 280 g/mol. The van der Waals surface area contributed by atoms with E-state index in [2.05, 4.69) is 21.0 Å². The van der Waals surface area contributed by atoms with E-state index in [1.165, 1.54) is 6.07 Å². The number of carbonyl (C=O) groups is 1. The van der Waals surface area contributed by atoms with Gasteiger partial charge < -0.3 is 5.11 Å². The lowest BCUT2D eigenvalue weighted by Crippen LogP contribution is -2.01. The van der Waals surface area contributed by atoms with Gasteiger partial charge in [0, 0.05) is 6.07 Å². The molecule has 1 aromatic carbocycles. The minimum Gasteiger partial charge on any atom is -0.476 e. The Balaban J connectivity index is 2.52. The van der Waals surface area contributed by atoms with Crippen LogP contribution < -0.4 is 0 Å². The lowest BCUT2D eigenvalue weighted by Gasteiger charge is -2.03. The number of aromatic carboxylic acids is 1. The van der Waals surface area contributed by atoms with E-state index in [4.69, 9.17) is 5.11 Å². The Hall–Kier alpha value is -1.62. The Morgan fingerprint density at radius 3 is 2.75 bits per heavy atom. The van der Waals surface area contributed by atoms with Gasteiger partial charge in [0.1, 0.15) is 4.60 Å². The fourth-order valence-corrected chi connectivity index (χ4v) is 1.90. The zero-order valence-corrected chi connectivity index (χ0v) is 10.1. The highest BCUT2D eigenvalue weighted by Crippen LogP contribution is 2.18. The third kappa shape index (κ3) is 1.99. The number of rotatable bonds is 2. The molecule has 0 atom stereocenters. The maximum atomic E-state index is 10.8. The number of aryl methyl sites for hydroxylation is 1. The Morgan fingerprint density at radius 2 is 2.19 bits per heavy atom. The molecule has 0 spiro atoms. The van der Waals surface area contributed by atoms with Gasteiger partial charge in [-0.1, -0.05) is 12.1 Å². The molecule has 16 heavy (non-hydrogen) atoms. The van der Waals surface area contributed by atoms with Gasteiger partial charge in [0.25, 0.3) is 0 Å². The van der Waals surface area contributed by atoms with E-state index in [1.807, 2.05) is 31.2 Å². The minimum atomic E-state index is -1.04. The number of benzene rings is 1. The summed E-state index contributed by atoms with van der Waals surface area (Å²) in [6.07, 6.45) is 0. The van der Waals surface area contributed by atoms with Crippen LogP contribution in [0.1, 0.15) is 16.1 Å². The molecule has 1 heterocycles. The van der Waals surface area contributed by atoms with Gasteiger partial charge in [-0.15, -0.1) is 0 Å². The molecule has 0 aliphatic carbocycles. The molecule has 2 aromatic rings. The first-order valence-corrected chi connectivity index (χ1v) is 5.43. The van der Waals surface area contributed by atoms with Crippen LogP contribution in [0.25, 0.3) is 5.69 Å². The van der Waals surface area contributed by atoms with Crippen LogP contribution in [0.5, 0.6) is 0 Å². The zero-order chi connectivity index (χ0) is 11.7. The van der Waals surface area contributed by atoms with Crippen LogP contribution in [0.2, 0.25) is 0 Å². The van der Waals surface area contributed by atoms with Crippen molar-refractivity contribution in [1.29, 1.82) is 0 Å². The molecule has 0 fully saturated rings. The highest BCUT2D eigenvalue weighted by Gasteiger charge is 2.12. The van der Waals surface area contributed by atoms with Gasteiger partial charge in [-0.2, -0.15) is 5.10 Å². The van der Waals surface area contributed by atoms with Crippen molar-refractivity contribution in [3.05, 3.63) is 46.2 Å². The lowest BCUT2D eigenvalue weighted by atomic mass is 10.2. The molecule has 82 valence electrons. The van der Waals surface area contributed by atoms with Gasteiger partial charge in [-0.25, -0.2) is 9.48 Å². The molecule has 5 heteroatoms. The number of carboxylic acids is 1. The molecule has 0 radical (unpaired) electrons. The Labute approximate surface area is 101 Å². The standard InChI is InChI=1S/C11H9BrN2O2/c1-7-3-2-4-8(5-7)14-10(12)6-9(13-14)11(15)16/h2-6H,1H3,(H,15,16). The third-order valence-corrected chi connectivity index (χ3v) is 2.70. The first-order valence-electron chi connectivity index (χ1n) is 4.64. The van der Waals surface area contributed by atoms with Crippen LogP contribution in [0.15, 0.2) is 34.9 Å². The molecule has 0 aliphatic rings. The summed E-state index contributed by atoms with van der Waals surface area (Å²) in [6, 6.07) is 9.16. The smallest absolute Gasteiger partial charge is 0.356 e. The molecule has 0 bridgehead atoms. The number of carboxylic acid groups (broad SMARTS) is 1. The molecule has 0 saturated heterocycles. The molecule has 2 rings (SSSR count). The predicted molar refractivity (Wildman–Crippen MR) is 63.0 cm³/mol. The summed E-state index contributed by atoms with van der Waals surface area (Å²) in [5, 5.41) is 12.8. The Morgan fingerprint density at radius 1 is 1.44 bits per heavy atom. The topological polar surface area (TPSA) is 55.1 Å². The number of hydrogen-bond acceptors (Lipinski definition) is 2. The van der Waals surface area contributed by atoms with E-state index in [-0.39, 0.29) is 5.69 Å². The van der Waals surface area contributed by atoms with Gasteiger partial charge in [-0.05, 0) is 40.5 Å². The van der Waals surface area contributed by atoms with Crippen molar-refractivity contribution in [3.8, 4) is 5.69 Å². The fraction of sp³-hybridized carbons (Fsp3) is 0.0909. The SMILES string of the molecule is Cc1cccc(-n2nc(C(=O)O)cc2Br)c1. The van der Waals surface area contributed by atoms with E-state index in [1.54, 1.807) is 4.68 Å². The normalized spacial score (nSPS) is 10.4. The third-order valence-electron chi connectivity index (χ3n) is 2.13. The van der Waals surface area contributed by atoms with Gasteiger partial charge in [0.15, 0.2) is 5.69 Å². The van der Waals surface area contributed by atoms with Crippen molar-refractivity contribution < 1.29 is 9.90 Å². The highest BCUT2D eigenvalue weighted by molar-refractivity contribution is 9.10. The summed E-state index contributed by atoms with van der Waals surface area (Å²) in [5.74, 6) is -1.04. The van der Waals surface area contributed by atoms with Crippen molar-refractivity contribution in [2.24, 2.45) is 0 Å². The van der Waals surface area contributed by atoms with Crippen LogP contribution in [-0.2, 0) is 0 Å². The van der Waals surface area contributed by atoms with E-state index in [0.29, 0.717) is 4.60 Å². The number of hydrogen-bond donors (Lipinski definition) is 1. The molecule has 0 amide bonds. The number of halogens is 1. The Kier molecular flexibility index (Phi) is 2.78. The second-order valence-electron chi connectivity index (χ2n) is 3.41. The van der Waals surface area contributed by atoms with Crippen LogP contribution in [-0.4, -0.2) is 20.9 Å². The summed E-state index contributed by atoms with van der Waals surface area (Å²) in [6.45, 7) is 1.97. The highest BCUT2D eigenvalue weighted by atomic mass is 79.9. The number of aromatic nitrogens is 2. The van der Waals surface area contributed by atoms with Crippen molar-refractivity contribution in [2.75, 3.05) is 0 Å². The molecule has 0 aliphatic heterocycles. The largest absolute Gasteiger partial charge is 0.476 e. The molecular weight excluding hydrogens is 272 g/mol. The van der Waals surface area contributed by atoms with Crippen LogP contribution in [0.4, 0.5) is 0 Å². The van der Waals surface area contributed by atoms with Crippen LogP contribution in [0, 0.1) is 6.92 Å². The molecule has 1 aromatic heterocycles. The van der Waals surface area contributed by atoms with Crippen LogP contribution >= 0.6 is 15.9 Å². The second kappa shape index (κ2) is 4.09. The van der Waals surface area contributed by atoms with Crippen molar-refractivity contribution >= 4 is 21.9 Å². The average molecular weight is 281 g/mol. The minimum absolute atomic E-state index is 0.0216. The van der Waals surface area contributed by atoms with Crippen molar-refractivity contribution in [2.45, 2.75) is 6.92 Å². The first-order chi connectivity index (χ1) is 7.58. The van der Waals surface area contributed by atoms with E-state index in [0.717, 1.165) is 11.3 Å². The van der Waals surface area contributed by atoms with E-state index >= 15 is 0 Å². The van der Waals surface area contributed by atoms with Gasteiger partial charge in [0.2, 0.25) is 0 Å². The second-order valence-corrected chi connectivity index (χ2v) is 4.22. The lowest BCUT2D eigenvalue weighted by molar-refractivity contribution is 0.0690. The molecule has 1 N–H and O–H groups in total. The van der Waals surface area contributed by atoms with Gasteiger partial charge >= 0.3 is 5.97 Å². The average Bonchev–Trinajstić information content (AvgIpc) is 2.60. The molecular formula is C11H9BrN2O2.